The number of nitrogens with zero attached hydrogens (tertiary/aromatic N) is 1. The SMILES string of the molecule is COc1cc(C=NNc2ccccc2)ccc1OCCc1ccccc1. The fraction of sp³-hybridized carbons (Fsp3) is 0.136. The molecule has 132 valence electrons. The molecular weight excluding hydrogens is 324 g/mol. The van der Waals surface area contributed by atoms with Gasteiger partial charge in [-0.25, -0.2) is 0 Å². The summed E-state index contributed by atoms with van der Waals surface area (Å²) in [5.74, 6) is 1.43. The summed E-state index contributed by atoms with van der Waals surface area (Å²) in [7, 11) is 1.64. The molecule has 0 unspecified atom stereocenters. The molecule has 4 nitrogen and oxygen atoms in total. The average Bonchev–Trinajstić information content (AvgIpc) is 2.70. The van der Waals surface area contributed by atoms with Crippen LogP contribution in [0, 0.1) is 0 Å². The van der Waals surface area contributed by atoms with Gasteiger partial charge in [-0.3, -0.25) is 5.43 Å². The number of nitrogens with one attached hydrogen (secondary N) is 1. The Labute approximate surface area is 154 Å². The highest BCUT2D eigenvalue weighted by Gasteiger charge is 2.05. The normalized spacial score (nSPS) is 10.7. The molecule has 0 amide bonds. The van der Waals surface area contributed by atoms with Gasteiger partial charge in [0.2, 0.25) is 0 Å². The van der Waals surface area contributed by atoms with Crippen molar-refractivity contribution in [3.05, 3.63) is 90.0 Å². The van der Waals surface area contributed by atoms with Crippen molar-refractivity contribution in [2.45, 2.75) is 6.42 Å². The summed E-state index contributed by atoms with van der Waals surface area (Å²) in [4.78, 5) is 0. The van der Waals surface area contributed by atoms with E-state index >= 15 is 0 Å². The van der Waals surface area contributed by atoms with Crippen LogP contribution in [0.15, 0.2) is 84.0 Å². The van der Waals surface area contributed by atoms with E-state index in [4.69, 9.17) is 9.47 Å². The number of benzene rings is 3. The van der Waals surface area contributed by atoms with Gasteiger partial charge >= 0.3 is 0 Å². The van der Waals surface area contributed by atoms with Crippen molar-refractivity contribution >= 4 is 11.9 Å². The van der Waals surface area contributed by atoms with E-state index in [1.807, 2.05) is 66.7 Å². The third-order valence-corrected chi connectivity index (χ3v) is 3.86. The first-order valence-electron chi connectivity index (χ1n) is 8.54. The molecule has 3 aromatic rings. The Balaban J connectivity index is 1.58. The molecule has 0 aromatic heterocycles. The van der Waals surface area contributed by atoms with Crippen LogP contribution in [0.1, 0.15) is 11.1 Å². The van der Waals surface area contributed by atoms with E-state index in [9.17, 15) is 0 Å². The van der Waals surface area contributed by atoms with E-state index in [1.54, 1.807) is 13.3 Å². The van der Waals surface area contributed by atoms with Gasteiger partial charge in [0.1, 0.15) is 0 Å². The first-order chi connectivity index (χ1) is 12.8. The van der Waals surface area contributed by atoms with Crippen LogP contribution in [0.25, 0.3) is 0 Å². The number of hydrazone groups is 1. The van der Waals surface area contributed by atoms with Crippen molar-refractivity contribution in [3.8, 4) is 11.5 Å². The number of para-hydroxylation sites is 1. The van der Waals surface area contributed by atoms with Gasteiger partial charge < -0.3 is 9.47 Å². The monoisotopic (exact) mass is 346 g/mol. The Hall–Kier alpha value is -3.27. The Morgan fingerprint density at radius 2 is 1.62 bits per heavy atom. The minimum atomic E-state index is 0.601. The van der Waals surface area contributed by atoms with Crippen LogP contribution in [-0.2, 0) is 6.42 Å². The second kappa shape index (κ2) is 9.28. The third-order valence-electron chi connectivity index (χ3n) is 3.86. The standard InChI is InChI=1S/C22H22N2O2/c1-25-22-16-19(17-23-24-20-10-6-3-7-11-20)12-13-21(22)26-15-14-18-8-4-2-5-9-18/h2-13,16-17,24H,14-15H2,1H3. The number of hydrogen-bond acceptors (Lipinski definition) is 4. The maximum Gasteiger partial charge on any atom is 0.161 e. The highest BCUT2D eigenvalue weighted by molar-refractivity contribution is 5.81. The van der Waals surface area contributed by atoms with Crippen LogP contribution in [0.5, 0.6) is 11.5 Å². The van der Waals surface area contributed by atoms with Crippen LogP contribution in [-0.4, -0.2) is 19.9 Å². The van der Waals surface area contributed by atoms with Gasteiger partial charge in [-0.2, -0.15) is 5.10 Å². The summed E-state index contributed by atoms with van der Waals surface area (Å²) in [5, 5.41) is 4.25. The molecule has 0 bridgehead atoms. The molecule has 0 atom stereocenters. The largest absolute Gasteiger partial charge is 0.493 e. The molecule has 0 spiro atoms. The molecular formula is C22H22N2O2. The number of anilines is 1. The van der Waals surface area contributed by atoms with Crippen LogP contribution in [0.2, 0.25) is 0 Å². The fourth-order valence-electron chi connectivity index (χ4n) is 2.50. The van der Waals surface area contributed by atoms with E-state index in [2.05, 4.69) is 22.7 Å². The first kappa shape index (κ1) is 17.5. The number of ether oxygens (including phenoxy) is 2. The quantitative estimate of drug-likeness (QED) is 0.472. The first-order valence-corrected chi connectivity index (χ1v) is 8.54. The second-order valence-electron chi connectivity index (χ2n) is 5.73. The summed E-state index contributed by atoms with van der Waals surface area (Å²) in [6, 6.07) is 25.9. The molecule has 0 saturated heterocycles. The predicted molar refractivity (Wildman–Crippen MR) is 106 cm³/mol. The summed E-state index contributed by atoms with van der Waals surface area (Å²) in [6.07, 6.45) is 2.61. The summed E-state index contributed by atoms with van der Waals surface area (Å²) in [6.45, 7) is 0.601. The lowest BCUT2D eigenvalue weighted by Crippen LogP contribution is -2.03. The van der Waals surface area contributed by atoms with Crippen molar-refractivity contribution in [2.75, 3.05) is 19.1 Å². The van der Waals surface area contributed by atoms with Crippen molar-refractivity contribution < 1.29 is 9.47 Å². The topological polar surface area (TPSA) is 42.8 Å². The number of hydrogen-bond donors (Lipinski definition) is 1. The van der Waals surface area contributed by atoms with Gasteiger partial charge in [0, 0.05) is 6.42 Å². The zero-order chi connectivity index (χ0) is 18.0. The minimum absolute atomic E-state index is 0.601. The van der Waals surface area contributed by atoms with Gasteiger partial charge in [0.15, 0.2) is 11.5 Å². The molecule has 3 aromatic carbocycles. The van der Waals surface area contributed by atoms with Crippen LogP contribution < -0.4 is 14.9 Å². The fourth-order valence-corrected chi connectivity index (χ4v) is 2.50. The van der Waals surface area contributed by atoms with Crippen LogP contribution in [0.3, 0.4) is 0 Å². The molecule has 1 N–H and O–H groups in total. The van der Waals surface area contributed by atoms with Crippen LogP contribution in [0.4, 0.5) is 5.69 Å². The highest BCUT2D eigenvalue weighted by Crippen LogP contribution is 2.27. The van der Waals surface area contributed by atoms with Gasteiger partial charge in [-0.1, -0.05) is 48.5 Å². The van der Waals surface area contributed by atoms with Crippen molar-refractivity contribution in [1.29, 1.82) is 0 Å². The lowest BCUT2D eigenvalue weighted by Gasteiger charge is -2.11. The van der Waals surface area contributed by atoms with E-state index in [-0.39, 0.29) is 0 Å². The lowest BCUT2D eigenvalue weighted by atomic mass is 10.2. The molecule has 0 aliphatic rings. The zero-order valence-corrected chi connectivity index (χ0v) is 14.8. The summed E-state index contributed by atoms with van der Waals surface area (Å²) < 4.78 is 11.3. The second-order valence-corrected chi connectivity index (χ2v) is 5.73. The summed E-state index contributed by atoms with van der Waals surface area (Å²) >= 11 is 0. The Kier molecular flexibility index (Phi) is 6.26. The smallest absolute Gasteiger partial charge is 0.161 e. The zero-order valence-electron chi connectivity index (χ0n) is 14.8. The van der Waals surface area contributed by atoms with E-state index in [0.717, 1.165) is 23.4 Å². The molecule has 26 heavy (non-hydrogen) atoms. The van der Waals surface area contributed by atoms with Crippen molar-refractivity contribution in [2.24, 2.45) is 5.10 Å². The molecule has 4 heteroatoms. The van der Waals surface area contributed by atoms with Gasteiger partial charge in [-0.05, 0) is 41.5 Å². The Morgan fingerprint density at radius 3 is 2.35 bits per heavy atom. The molecule has 0 radical (unpaired) electrons. The van der Waals surface area contributed by atoms with E-state index < -0.39 is 0 Å². The average molecular weight is 346 g/mol. The van der Waals surface area contributed by atoms with E-state index in [0.29, 0.717) is 12.4 Å². The van der Waals surface area contributed by atoms with Gasteiger partial charge in [-0.15, -0.1) is 0 Å². The van der Waals surface area contributed by atoms with Crippen LogP contribution >= 0.6 is 0 Å². The third kappa shape index (κ3) is 5.11. The molecule has 0 heterocycles. The van der Waals surface area contributed by atoms with Gasteiger partial charge in [0.25, 0.3) is 0 Å². The summed E-state index contributed by atoms with van der Waals surface area (Å²) in [5.41, 5.74) is 6.12. The molecule has 3 rings (SSSR count). The minimum Gasteiger partial charge on any atom is -0.493 e. The Morgan fingerprint density at radius 1 is 0.885 bits per heavy atom. The number of methoxy groups -OCH3 is 1. The van der Waals surface area contributed by atoms with Crippen molar-refractivity contribution in [3.63, 3.8) is 0 Å². The highest BCUT2D eigenvalue weighted by atomic mass is 16.5. The molecule has 0 saturated carbocycles. The maximum absolute atomic E-state index is 5.88. The Bertz CT molecular complexity index is 833. The van der Waals surface area contributed by atoms with Gasteiger partial charge in [0.05, 0.1) is 25.6 Å². The predicted octanol–water partition coefficient (Wildman–Crippen LogP) is 4.76. The van der Waals surface area contributed by atoms with Crippen molar-refractivity contribution in [1.82, 2.24) is 0 Å². The maximum atomic E-state index is 5.88. The lowest BCUT2D eigenvalue weighted by molar-refractivity contribution is 0.297. The van der Waals surface area contributed by atoms with E-state index in [1.165, 1.54) is 5.56 Å². The molecule has 0 aliphatic carbocycles. The number of rotatable bonds is 8. The molecule has 0 fully saturated rings. The molecule has 0 aliphatic heterocycles.